The molecule has 8 heteroatoms. The highest BCUT2D eigenvalue weighted by atomic mass is 127. The number of carbonyl (C=O) groups excluding carboxylic acids is 1. The number of furan rings is 1. The van der Waals surface area contributed by atoms with Crippen molar-refractivity contribution in [2.24, 2.45) is 16.5 Å². The first kappa shape index (κ1) is 16.8. The van der Waals surface area contributed by atoms with Crippen LogP contribution in [-0.2, 0) is 11.3 Å². The van der Waals surface area contributed by atoms with Crippen LogP contribution >= 0.6 is 24.0 Å². The molecule has 0 spiro atoms. The highest BCUT2D eigenvalue weighted by Gasteiger charge is 2.18. The van der Waals surface area contributed by atoms with Gasteiger partial charge in [-0.15, -0.1) is 24.0 Å². The van der Waals surface area contributed by atoms with Crippen LogP contribution in [0.5, 0.6) is 0 Å². The van der Waals surface area contributed by atoms with Crippen molar-refractivity contribution in [3.8, 4) is 0 Å². The fourth-order valence-electron chi connectivity index (χ4n) is 1.88. The van der Waals surface area contributed by atoms with Crippen LogP contribution in [0.15, 0.2) is 21.5 Å². The van der Waals surface area contributed by atoms with Crippen molar-refractivity contribution in [1.29, 1.82) is 0 Å². The fraction of sp³-hybridized carbons (Fsp3) is 0.500. The summed E-state index contributed by atoms with van der Waals surface area (Å²) in [4.78, 5) is 17.1. The van der Waals surface area contributed by atoms with Crippen LogP contribution in [0.2, 0.25) is 0 Å². The maximum atomic E-state index is 10.9. The third kappa shape index (κ3) is 4.37. The van der Waals surface area contributed by atoms with E-state index in [2.05, 4.69) is 4.99 Å². The van der Waals surface area contributed by atoms with Gasteiger partial charge in [0.25, 0.3) is 5.91 Å². The van der Waals surface area contributed by atoms with Gasteiger partial charge in [-0.1, -0.05) is 0 Å². The number of carbonyl (C=O) groups is 1. The second kappa shape index (κ2) is 7.48. The van der Waals surface area contributed by atoms with E-state index in [4.69, 9.17) is 20.6 Å². The minimum atomic E-state index is -0.592. The number of amides is 1. The van der Waals surface area contributed by atoms with Crippen molar-refractivity contribution in [2.75, 3.05) is 19.7 Å². The number of halogens is 1. The minimum Gasteiger partial charge on any atom is -0.454 e. The highest BCUT2D eigenvalue weighted by molar-refractivity contribution is 14.0. The summed E-state index contributed by atoms with van der Waals surface area (Å²) in [7, 11) is 0. The molecule has 0 saturated carbocycles. The minimum absolute atomic E-state index is 0. The lowest BCUT2D eigenvalue weighted by atomic mass is 10.3. The SMILES string of the molecule is CC1CN(C(N)=NCc2ccc(C(N)=O)o2)CCO1.I. The van der Waals surface area contributed by atoms with Gasteiger partial charge >= 0.3 is 0 Å². The van der Waals surface area contributed by atoms with Crippen molar-refractivity contribution in [1.82, 2.24) is 4.90 Å². The average Bonchev–Trinajstić information content (AvgIpc) is 2.85. The van der Waals surface area contributed by atoms with Gasteiger partial charge in [0, 0.05) is 13.1 Å². The Labute approximate surface area is 134 Å². The summed E-state index contributed by atoms with van der Waals surface area (Å²) in [5, 5.41) is 0. The number of primary amides is 1. The standard InChI is InChI=1S/C12H18N4O3.HI/c1-8-7-16(4-5-18-8)12(14)15-6-9-2-3-10(19-9)11(13)17;/h2-3,8H,4-7H2,1H3,(H2,13,17)(H2,14,15);1H. The molecule has 0 bridgehead atoms. The van der Waals surface area contributed by atoms with Gasteiger partial charge in [0.15, 0.2) is 11.7 Å². The summed E-state index contributed by atoms with van der Waals surface area (Å²) >= 11 is 0. The monoisotopic (exact) mass is 394 g/mol. The van der Waals surface area contributed by atoms with Crippen molar-refractivity contribution in [3.63, 3.8) is 0 Å². The largest absolute Gasteiger partial charge is 0.454 e. The molecule has 0 aromatic carbocycles. The van der Waals surface area contributed by atoms with Gasteiger partial charge in [0.05, 0.1) is 12.7 Å². The summed E-state index contributed by atoms with van der Waals surface area (Å²) in [6.07, 6.45) is 0.146. The van der Waals surface area contributed by atoms with E-state index in [-0.39, 0.29) is 42.4 Å². The van der Waals surface area contributed by atoms with Gasteiger partial charge in [-0.05, 0) is 19.1 Å². The summed E-state index contributed by atoms with van der Waals surface area (Å²) in [5.74, 6) is 0.541. The molecule has 0 radical (unpaired) electrons. The molecule has 1 aromatic heterocycles. The lowest BCUT2D eigenvalue weighted by Crippen LogP contribution is -2.47. The number of morpholine rings is 1. The summed E-state index contributed by atoms with van der Waals surface area (Å²) in [6, 6.07) is 3.19. The average molecular weight is 394 g/mol. The van der Waals surface area contributed by atoms with Gasteiger partial charge < -0.3 is 25.5 Å². The summed E-state index contributed by atoms with van der Waals surface area (Å²) < 4.78 is 10.7. The molecule has 2 heterocycles. The zero-order valence-corrected chi connectivity index (χ0v) is 13.6. The highest BCUT2D eigenvalue weighted by Crippen LogP contribution is 2.09. The molecule has 1 unspecified atom stereocenters. The molecule has 1 amide bonds. The Hall–Kier alpha value is -1.29. The van der Waals surface area contributed by atoms with E-state index in [9.17, 15) is 4.79 Å². The molecule has 1 saturated heterocycles. The Morgan fingerprint density at radius 3 is 2.85 bits per heavy atom. The molecule has 1 aromatic rings. The van der Waals surface area contributed by atoms with Crippen molar-refractivity contribution in [2.45, 2.75) is 19.6 Å². The molecule has 7 nitrogen and oxygen atoms in total. The van der Waals surface area contributed by atoms with Crippen LogP contribution in [-0.4, -0.2) is 42.6 Å². The number of nitrogens with two attached hydrogens (primary N) is 2. The lowest BCUT2D eigenvalue weighted by Gasteiger charge is -2.31. The summed E-state index contributed by atoms with van der Waals surface area (Å²) in [5.41, 5.74) is 11.0. The summed E-state index contributed by atoms with van der Waals surface area (Å²) in [6.45, 7) is 4.37. The van der Waals surface area contributed by atoms with E-state index >= 15 is 0 Å². The molecular formula is C12H19IN4O3. The molecule has 1 aliphatic rings. The van der Waals surface area contributed by atoms with Crippen LogP contribution < -0.4 is 11.5 Å². The first-order valence-corrected chi connectivity index (χ1v) is 6.11. The lowest BCUT2D eigenvalue weighted by molar-refractivity contribution is 0.00527. The molecule has 0 aliphatic carbocycles. The fourth-order valence-corrected chi connectivity index (χ4v) is 1.88. The van der Waals surface area contributed by atoms with Gasteiger partial charge in [0.2, 0.25) is 0 Å². The third-order valence-electron chi connectivity index (χ3n) is 2.87. The van der Waals surface area contributed by atoms with Gasteiger partial charge in [0.1, 0.15) is 12.3 Å². The quantitative estimate of drug-likeness (QED) is 0.442. The van der Waals surface area contributed by atoms with Crippen molar-refractivity contribution >= 4 is 35.8 Å². The Bertz CT molecular complexity index is 489. The van der Waals surface area contributed by atoms with Crippen LogP contribution in [0.1, 0.15) is 23.2 Å². The number of aliphatic imine (C=N–C) groups is 1. The number of rotatable bonds is 3. The number of guanidine groups is 1. The molecule has 1 fully saturated rings. The zero-order valence-electron chi connectivity index (χ0n) is 11.2. The Balaban J connectivity index is 0.00000200. The van der Waals surface area contributed by atoms with Crippen LogP contribution in [0.25, 0.3) is 0 Å². The second-order valence-corrected chi connectivity index (χ2v) is 4.43. The Morgan fingerprint density at radius 2 is 2.25 bits per heavy atom. The zero-order chi connectivity index (χ0) is 13.8. The van der Waals surface area contributed by atoms with Crippen molar-refractivity contribution in [3.05, 3.63) is 23.7 Å². The molecule has 4 N–H and O–H groups in total. The number of hydrogen-bond acceptors (Lipinski definition) is 4. The molecule has 112 valence electrons. The first-order chi connectivity index (χ1) is 9.06. The van der Waals surface area contributed by atoms with Gasteiger partial charge in [-0.2, -0.15) is 0 Å². The van der Waals surface area contributed by atoms with Crippen LogP contribution in [0.3, 0.4) is 0 Å². The first-order valence-electron chi connectivity index (χ1n) is 6.11. The molecule has 1 aliphatic heterocycles. The van der Waals surface area contributed by atoms with E-state index in [1.165, 1.54) is 6.07 Å². The maximum Gasteiger partial charge on any atom is 0.284 e. The predicted octanol–water partition coefficient (Wildman–Crippen LogP) is 0.532. The smallest absolute Gasteiger partial charge is 0.284 e. The second-order valence-electron chi connectivity index (χ2n) is 4.43. The van der Waals surface area contributed by atoms with E-state index in [0.717, 1.165) is 13.1 Å². The topological polar surface area (TPSA) is 107 Å². The predicted molar refractivity (Wildman–Crippen MR) is 85.0 cm³/mol. The normalized spacial score (nSPS) is 19.6. The van der Waals surface area contributed by atoms with Gasteiger partial charge in [-0.25, -0.2) is 4.99 Å². The Morgan fingerprint density at radius 1 is 1.50 bits per heavy atom. The molecule has 20 heavy (non-hydrogen) atoms. The number of ether oxygens (including phenoxy) is 1. The van der Waals surface area contributed by atoms with Crippen molar-refractivity contribution < 1.29 is 13.9 Å². The molecule has 2 rings (SSSR count). The van der Waals surface area contributed by atoms with Crippen LogP contribution in [0.4, 0.5) is 0 Å². The van der Waals surface area contributed by atoms with Crippen LogP contribution in [0, 0.1) is 0 Å². The number of nitrogens with zero attached hydrogens (tertiary/aromatic N) is 2. The van der Waals surface area contributed by atoms with E-state index in [0.29, 0.717) is 18.3 Å². The van der Waals surface area contributed by atoms with E-state index in [1.54, 1.807) is 6.07 Å². The third-order valence-corrected chi connectivity index (χ3v) is 2.87. The number of hydrogen-bond donors (Lipinski definition) is 2. The molecule has 1 atom stereocenters. The maximum absolute atomic E-state index is 10.9. The van der Waals surface area contributed by atoms with E-state index in [1.807, 2.05) is 11.8 Å². The van der Waals surface area contributed by atoms with E-state index < -0.39 is 5.91 Å². The Kier molecular flexibility index (Phi) is 6.27. The van der Waals surface area contributed by atoms with Gasteiger partial charge in [-0.3, -0.25) is 4.79 Å². The molecular weight excluding hydrogens is 375 g/mol.